The molecule has 0 aliphatic carbocycles. The van der Waals surface area contributed by atoms with Crippen LogP contribution in [0.1, 0.15) is 16.2 Å². The molecule has 0 saturated heterocycles. The number of tetrazole rings is 1. The maximum Gasteiger partial charge on any atom is 0.248 e. The van der Waals surface area contributed by atoms with Gasteiger partial charge < -0.3 is 15.8 Å². The summed E-state index contributed by atoms with van der Waals surface area (Å²) in [6.07, 6.45) is 0. The number of para-hydroxylation sites is 1. The first-order valence-corrected chi connectivity index (χ1v) is 7.74. The summed E-state index contributed by atoms with van der Waals surface area (Å²) in [4.78, 5) is 24.2. The van der Waals surface area contributed by atoms with E-state index >= 15 is 0 Å². The lowest BCUT2D eigenvalue weighted by Gasteiger charge is -2.05. The summed E-state index contributed by atoms with van der Waals surface area (Å²) in [5, 5.41) is 14.4. The van der Waals surface area contributed by atoms with Gasteiger partial charge in [-0.2, -0.15) is 4.80 Å². The van der Waals surface area contributed by atoms with Gasteiger partial charge in [0, 0.05) is 11.3 Å². The van der Waals surface area contributed by atoms with Crippen LogP contribution in [0.4, 0.5) is 5.69 Å². The highest BCUT2D eigenvalue weighted by atomic mass is 16.5. The summed E-state index contributed by atoms with van der Waals surface area (Å²) in [5.74, 6) is 0.207. The van der Waals surface area contributed by atoms with Crippen LogP contribution in [0, 0.1) is 0 Å². The average molecular weight is 352 g/mol. The fourth-order valence-corrected chi connectivity index (χ4v) is 2.11. The van der Waals surface area contributed by atoms with Crippen LogP contribution < -0.4 is 15.8 Å². The Morgan fingerprint density at radius 3 is 2.50 bits per heavy atom. The third kappa shape index (κ3) is 4.63. The fourth-order valence-electron chi connectivity index (χ4n) is 2.11. The summed E-state index contributed by atoms with van der Waals surface area (Å²) < 4.78 is 5.52. The van der Waals surface area contributed by atoms with E-state index < -0.39 is 5.91 Å². The molecule has 3 rings (SSSR count). The van der Waals surface area contributed by atoms with Crippen molar-refractivity contribution in [1.82, 2.24) is 20.2 Å². The van der Waals surface area contributed by atoms with Gasteiger partial charge in [-0.25, -0.2) is 0 Å². The number of amides is 2. The van der Waals surface area contributed by atoms with Crippen molar-refractivity contribution < 1.29 is 14.3 Å². The molecule has 0 atom stereocenters. The van der Waals surface area contributed by atoms with Gasteiger partial charge in [0.05, 0.1) is 0 Å². The zero-order chi connectivity index (χ0) is 18.4. The second kappa shape index (κ2) is 7.88. The normalized spacial score (nSPS) is 10.3. The second-order valence-corrected chi connectivity index (χ2v) is 5.33. The number of carbonyl (C=O) groups is 2. The summed E-state index contributed by atoms with van der Waals surface area (Å²) in [5.41, 5.74) is 6.07. The lowest BCUT2D eigenvalue weighted by molar-refractivity contribution is -0.117. The van der Waals surface area contributed by atoms with Gasteiger partial charge in [-0.05, 0) is 41.6 Å². The standard InChI is InChI=1S/C17H16N6O3/c18-17(25)12-6-8-13(9-7-12)19-16(24)10-23-21-15(20-22-23)11-26-14-4-2-1-3-5-14/h1-9H,10-11H2,(H2,18,25)(H,19,24). The highest BCUT2D eigenvalue weighted by Crippen LogP contribution is 2.10. The van der Waals surface area contributed by atoms with Crippen molar-refractivity contribution in [2.45, 2.75) is 13.2 Å². The van der Waals surface area contributed by atoms with Crippen molar-refractivity contribution in [3.05, 3.63) is 66.0 Å². The number of hydrogen-bond donors (Lipinski definition) is 2. The van der Waals surface area contributed by atoms with E-state index in [4.69, 9.17) is 10.5 Å². The molecule has 132 valence electrons. The van der Waals surface area contributed by atoms with Crippen molar-refractivity contribution in [3.8, 4) is 5.75 Å². The van der Waals surface area contributed by atoms with Gasteiger partial charge in [0.15, 0.2) is 6.61 Å². The summed E-state index contributed by atoms with van der Waals surface area (Å²) in [6, 6.07) is 15.5. The van der Waals surface area contributed by atoms with Crippen molar-refractivity contribution in [1.29, 1.82) is 0 Å². The molecule has 0 radical (unpaired) electrons. The molecular weight excluding hydrogens is 336 g/mol. The van der Waals surface area contributed by atoms with Gasteiger partial charge in [0.1, 0.15) is 12.3 Å². The number of anilines is 1. The first-order chi connectivity index (χ1) is 12.6. The molecule has 3 aromatic rings. The zero-order valence-corrected chi connectivity index (χ0v) is 13.7. The number of primary amides is 1. The summed E-state index contributed by atoms with van der Waals surface area (Å²) >= 11 is 0. The van der Waals surface area contributed by atoms with E-state index in [9.17, 15) is 9.59 Å². The van der Waals surface area contributed by atoms with Crippen molar-refractivity contribution in [3.63, 3.8) is 0 Å². The fraction of sp³-hybridized carbons (Fsp3) is 0.118. The molecule has 0 spiro atoms. The van der Waals surface area contributed by atoms with Gasteiger partial charge in [0.25, 0.3) is 0 Å². The smallest absolute Gasteiger partial charge is 0.248 e. The molecule has 9 nitrogen and oxygen atoms in total. The molecular formula is C17H16N6O3. The maximum absolute atomic E-state index is 12.0. The number of nitrogens with zero attached hydrogens (tertiary/aromatic N) is 4. The molecule has 0 saturated carbocycles. The van der Waals surface area contributed by atoms with Crippen LogP contribution in [0.25, 0.3) is 0 Å². The van der Waals surface area contributed by atoms with Crippen LogP contribution in [0.5, 0.6) is 5.75 Å². The molecule has 2 amide bonds. The molecule has 26 heavy (non-hydrogen) atoms. The van der Waals surface area contributed by atoms with E-state index in [0.717, 1.165) is 0 Å². The van der Waals surface area contributed by atoms with Gasteiger partial charge in [-0.15, -0.1) is 10.2 Å². The second-order valence-electron chi connectivity index (χ2n) is 5.33. The molecule has 9 heteroatoms. The van der Waals surface area contributed by atoms with Crippen molar-refractivity contribution in [2.75, 3.05) is 5.32 Å². The van der Waals surface area contributed by atoms with Crippen LogP contribution in [0.15, 0.2) is 54.6 Å². The molecule has 3 N–H and O–H groups in total. The Morgan fingerprint density at radius 2 is 1.81 bits per heavy atom. The van der Waals surface area contributed by atoms with Crippen LogP contribution in [0.2, 0.25) is 0 Å². The lowest BCUT2D eigenvalue weighted by Crippen LogP contribution is -2.20. The van der Waals surface area contributed by atoms with Crippen molar-refractivity contribution >= 4 is 17.5 Å². The molecule has 1 aromatic heterocycles. The first-order valence-electron chi connectivity index (χ1n) is 7.74. The molecule has 0 unspecified atom stereocenters. The number of nitrogens with one attached hydrogen (secondary N) is 1. The van der Waals surface area contributed by atoms with Gasteiger partial charge in [-0.3, -0.25) is 9.59 Å². The third-order valence-electron chi connectivity index (χ3n) is 3.34. The Morgan fingerprint density at radius 1 is 1.08 bits per heavy atom. The Labute approximate surface area is 148 Å². The quantitative estimate of drug-likeness (QED) is 0.653. The number of ether oxygens (including phenoxy) is 1. The lowest BCUT2D eigenvalue weighted by atomic mass is 10.2. The first kappa shape index (κ1) is 17.1. The van der Waals surface area contributed by atoms with E-state index in [-0.39, 0.29) is 19.1 Å². The predicted octanol–water partition coefficient (Wildman–Crippen LogP) is 0.990. The molecule has 0 fully saturated rings. The van der Waals surface area contributed by atoms with Gasteiger partial charge in [-0.1, -0.05) is 18.2 Å². The minimum absolute atomic E-state index is 0.101. The predicted molar refractivity (Wildman–Crippen MR) is 92.2 cm³/mol. The SMILES string of the molecule is NC(=O)c1ccc(NC(=O)Cn2nnc(COc3ccccc3)n2)cc1. The van der Waals surface area contributed by atoms with E-state index in [1.165, 1.54) is 16.9 Å². The van der Waals surface area contributed by atoms with E-state index in [1.54, 1.807) is 12.1 Å². The van der Waals surface area contributed by atoms with Crippen LogP contribution in [0.3, 0.4) is 0 Å². The summed E-state index contributed by atoms with van der Waals surface area (Å²) in [7, 11) is 0. The Kier molecular flexibility index (Phi) is 5.18. The molecule has 0 bridgehead atoms. The van der Waals surface area contributed by atoms with E-state index in [2.05, 4.69) is 20.7 Å². The van der Waals surface area contributed by atoms with Crippen LogP contribution in [-0.2, 0) is 17.9 Å². The topological polar surface area (TPSA) is 125 Å². The number of nitrogens with two attached hydrogens (primary N) is 1. The van der Waals surface area contributed by atoms with Crippen LogP contribution >= 0.6 is 0 Å². The Bertz CT molecular complexity index is 892. The maximum atomic E-state index is 12.0. The minimum Gasteiger partial charge on any atom is -0.485 e. The van der Waals surface area contributed by atoms with Crippen LogP contribution in [-0.4, -0.2) is 32.0 Å². The highest BCUT2D eigenvalue weighted by Gasteiger charge is 2.09. The van der Waals surface area contributed by atoms with E-state index in [1.807, 2.05) is 30.3 Å². The molecule has 2 aromatic carbocycles. The Hall–Kier alpha value is -3.75. The largest absolute Gasteiger partial charge is 0.485 e. The van der Waals surface area contributed by atoms with E-state index in [0.29, 0.717) is 22.8 Å². The van der Waals surface area contributed by atoms with Gasteiger partial charge >= 0.3 is 0 Å². The molecule has 0 aliphatic heterocycles. The molecule has 0 aliphatic rings. The number of rotatable bonds is 7. The van der Waals surface area contributed by atoms with Crippen molar-refractivity contribution in [2.24, 2.45) is 5.73 Å². The highest BCUT2D eigenvalue weighted by molar-refractivity contribution is 5.94. The number of carbonyl (C=O) groups excluding carboxylic acids is 2. The Balaban J connectivity index is 1.51. The van der Waals surface area contributed by atoms with Gasteiger partial charge in [0.2, 0.25) is 17.6 Å². The molecule has 1 heterocycles. The monoisotopic (exact) mass is 352 g/mol. The third-order valence-corrected chi connectivity index (χ3v) is 3.34. The minimum atomic E-state index is -0.528. The summed E-state index contributed by atoms with van der Waals surface area (Å²) in [6.45, 7) is 0.0517. The number of hydrogen-bond acceptors (Lipinski definition) is 6. The number of benzene rings is 2. The zero-order valence-electron chi connectivity index (χ0n) is 13.7. The number of aromatic nitrogens is 4. The average Bonchev–Trinajstić information content (AvgIpc) is 3.08.